The summed E-state index contributed by atoms with van der Waals surface area (Å²) in [5.41, 5.74) is 3.04. The van der Waals surface area contributed by atoms with Gasteiger partial charge < -0.3 is 4.43 Å². The third-order valence-corrected chi connectivity index (χ3v) is 4.70. The Morgan fingerprint density at radius 3 is 2.11 bits per heavy atom. The van der Waals surface area contributed by atoms with Gasteiger partial charge in [-0.25, -0.2) is 0 Å². The average Bonchev–Trinajstić information content (AvgIpc) is 2.68. The maximum atomic E-state index is 6.33. The number of hydrogen-bond acceptors (Lipinski definition) is 1. The zero-order chi connectivity index (χ0) is 13.9. The lowest BCUT2D eigenvalue weighted by molar-refractivity contribution is 0.396. The highest BCUT2D eigenvalue weighted by Gasteiger charge is 2.27. The van der Waals surface area contributed by atoms with Crippen LogP contribution in [0.1, 0.15) is 47.0 Å². The third-order valence-electron chi connectivity index (χ3n) is 3.85. The van der Waals surface area contributed by atoms with Crippen LogP contribution in [-0.2, 0) is 4.43 Å². The molecule has 0 bridgehead atoms. The van der Waals surface area contributed by atoms with Gasteiger partial charge in [-0.05, 0) is 49.9 Å². The highest BCUT2D eigenvalue weighted by Crippen LogP contribution is 2.37. The fourth-order valence-electron chi connectivity index (χ4n) is 2.30. The van der Waals surface area contributed by atoms with E-state index in [1.807, 2.05) is 0 Å². The summed E-state index contributed by atoms with van der Waals surface area (Å²) in [5.74, 6) is 2.59. The Morgan fingerprint density at radius 2 is 1.67 bits per heavy atom. The Morgan fingerprint density at radius 1 is 1.11 bits per heavy atom. The molecule has 0 radical (unpaired) electrons. The van der Waals surface area contributed by atoms with Crippen molar-refractivity contribution in [2.24, 2.45) is 11.8 Å². The van der Waals surface area contributed by atoms with Gasteiger partial charge in [0, 0.05) is 6.42 Å². The Kier molecular flexibility index (Phi) is 5.27. The van der Waals surface area contributed by atoms with E-state index >= 15 is 0 Å². The topological polar surface area (TPSA) is 9.23 Å². The summed E-state index contributed by atoms with van der Waals surface area (Å²) in [6.07, 6.45) is 5.90. The van der Waals surface area contributed by atoms with Crippen molar-refractivity contribution in [2.45, 2.75) is 66.6 Å². The van der Waals surface area contributed by atoms with Crippen LogP contribution in [0.5, 0.6) is 0 Å². The molecule has 2 atom stereocenters. The van der Waals surface area contributed by atoms with E-state index in [2.05, 4.69) is 53.4 Å². The minimum atomic E-state index is -1.49. The van der Waals surface area contributed by atoms with Crippen molar-refractivity contribution < 1.29 is 4.43 Å². The summed E-state index contributed by atoms with van der Waals surface area (Å²) in [4.78, 5) is 0. The van der Waals surface area contributed by atoms with Crippen LogP contribution in [0.2, 0.25) is 19.6 Å². The van der Waals surface area contributed by atoms with Crippen LogP contribution in [-0.4, -0.2) is 8.32 Å². The van der Waals surface area contributed by atoms with E-state index in [0.717, 1.165) is 6.42 Å². The van der Waals surface area contributed by atoms with Gasteiger partial charge in [0.2, 0.25) is 8.32 Å². The molecule has 0 heterocycles. The zero-order valence-corrected chi connectivity index (χ0v) is 14.3. The van der Waals surface area contributed by atoms with Gasteiger partial charge in [-0.15, -0.1) is 0 Å². The van der Waals surface area contributed by atoms with Gasteiger partial charge in [-0.3, -0.25) is 0 Å². The molecule has 104 valence electrons. The van der Waals surface area contributed by atoms with Crippen LogP contribution in [0.4, 0.5) is 0 Å². The van der Waals surface area contributed by atoms with Gasteiger partial charge in [-0.1, -0.05) is 39.3 Å². The molecule has 0 aromatic carbocycles. The molecule has 0 aromatic heterocycles. The largest absolute Gasteiger partial charge is 0.547 e. The molecule has 2 unspecified atom stereocenters. The van der Waals surface area contributed by atoms with Gasteiger partial charge >= 0.3 is 0 Å². The summed E-state index contributed by atoms with van der Waals surface area (Å²) in [6, 6.07) is 0. The smallest absolute Gasteiger partial charge is 0.241 e. The van der Waals surface area contributed by atoms with Crippen molar-refractivity contribution in [3.05, 3.63) is 23.0 Å². The first kappa shape index (κ1) is 15.6. The normalized spacial score (nSPS) is 19.8. The van der Waals surface area contributed by atoms with E-state index in [0.29, 0.717) is 11.8 Å². The van der Waals surface area contributed by atoms with Crippen LogP contribution in [0, 0.1) is 11.8 Å². The highest BCUT2D eigenvalue weighted by atomic mass is 28.4. The number of allylic oxidation sites excluding steroid dienone is 3. The van der Waals surface area contributed by atoms with Crippen LogP contribution in [0.25, 0.3) is 0 Å². The number of hydrogen-bond donors (Lipinski definition) is 0. The fraction of sp³-hybridized carbons (Fsp3) is 0.750. The SMILES string of the molecule is CCC(C)C1=CC(C(C)CC)=C(O[Si](C)(C)C)C1. The lowest BCUT2D eigenvalue weighted by Crippen LogP contribution is -2.25. The second kappa shape index (κ2) is 6.09. The highest BCUT2D eigenvalue weighted by molar-refractivity contribution is 6.70. The van der Waals surface area contributed by atoms with E-state index in [1.54, 1.807) is 5.57 Å². The van der Waals surface area contributed by atoms with Gasteiger partial charge in [0.05, 0.1) is 5.76 Å². The predicted molar refractivity (Wildman–Crippen MR) is 83.1 cm³/mol. The van der Waals surface area contributed by atoms with Crippen molar-refractivity contribution in [2.75, 3.05) is 0 Å². The van der Waals surface area contributed by atoms with Crippen molar-refractivity contribution in [1.29, 1.82) is 0 Å². The predicted octanol–water partition coefficient (Wildman–Crippen LogP) is 5.51. The molecule has 1 aliphatic rings. The zero-order valence-electron chi connectivity index (χ0n) is 13.3. The standard InChI is InChI=1S/C16H30OSi/c1-8-12(3)14-10-15(13(4)9-2)16(11-14)17-18(5,6)7/h10,12-13H,8-9,11H2,1-7H3. The molecule has 0 fully saturated rings. The second-order valence-corrected chi connectivity index (χ2v) is 11.0. The molecule has 2 heteroatoms. The van der Waals surface area contributed by atoms with Gasteiger partial charge in [0.15, 0.2) is 0 Å². The Labute approximate surface area is 114 Å². The van der Waals surface area contributed by atoms with E-state index in [9.17, 15) is 0 Å². The monoisotopic (exact) mass is 266 g/mol. The van der Waals surface area contributed by atoms with Crippen molar-refractivity contribution in [1.82, 2.24) is 0 Å². The second-order valence-electron chi connectivity index (χ2n) is 6.61. The maximum absolute atomic E-state index is 6.33. The van der Waals surface area contributed by atoms with Crippen molar-refractivity contribution >= 4 is 8.32 Å². The summed E-state index contributed by atoms with van der Waals surface area (Å²) >= 11 is 0. The lowest BCUT2D eigenvalue weighted by Gasteiger charge is -2.23. The van der Waals surface area contributed by atoms with E-state index in [-0.39, 0.29) is 0 Å². The average molecular weight is 267 g/mol. The molecule has 1 rings (SSSR count). The molecule has 0 spiro atoms. The number of rotatable bonds is 6. The Hall–Kier alpha value is -0.503. The minimum absolute atomic E-state index is 0.623. The summed E-state index contributed by atoms with van der Waals surface area (Å²) in [5, 5.41) is 0. The Bertz CT molecular complexity index is 347. The van der Waals surface area contributed by atoms with Gasteiger partial charge in [-0.2, -0.15) is 0 Å². The molecule has 0 N–H and O–H groups in total. The Balaban J connectivity index is 2.92. The van der Waals surface area contributed by atoms with E-state index in [4.69, 9.17) is 4.43 Å². The molecule has 1 nitrogen and oxygen atoms in total. The molecular weight excluding hydrogens is 236 g/mol. The molecular formula is C16H30OSi. The van der Waals surface area contributed by atoms with E-state index < -0.39 is 8.32 Å². The van der Waals surface area contributed by atoms with Crippen LogP contribution in [0.15, 0.2) is 23.0 Å². The fourth-order valence-corrected chi connectivity index (χ4v) is 3.23. The molecule has 1 aliphatic carbocycles. The molecule has 0 aromatic rings. The van der Waals surface area contributed by atoms with Crippen LogP contribution in [0.3, 0.4) is 0 Å². The van der Waals surface area contributed by atoms with Crippen LogP contribution < -0.4 is 0 Å². The van der Waals surface area contributed by atoms with Crippen molar-refractivity contribution in [3.63, 3.8) is 0 Å². The molecule has 18 heavy (non-hydrogen) atoms. The molecule has 0 saturated heterocycles. The minimum Gasteiger partial charge on any atom is -0.547 e. The maximum Gasteiger partial charge on any atom is 0.241 e. The summed E-state index contributed by atoms with van der Waals surface area (Å²) in [6.45, 7) is 16.0. The molecule has 0 aliphatic heterocycles. The quantitative estimate of drug-likeness (QED) is 0.576. The molecule has 0 saturated carbocycles. The van der Waals surface area contributed by atoms with E-state index in [1.165, 1.54) is 24.2 Å². The van der Waals surface area contributed by atoms with Gasteiger partial charge in [0.25, 0.3) is 0 Å². The first-order chi connectivity index (χ1) is 8.28. The summed E-state index contributed by atoms with van der Waals surface area (Å²) in [7, 11) is -1.49. The first-order valence-corrected chi connectivity index (χ1v) is 10.8. The third kappa shape index (κ3) is 4.01. The first-order valence-electron chi connectivity index (χ1n) is 7.41. The van der Waals surface area contributed by atoms with Crippen molar-refractivity contribution in [3.8, 4) is 0 Å². The molecule has 0 amide bonds. The van der Waals surface area contributed by atoms with Gasteiger partial charge in [0.1, 0.15) is 0 Å². The van der Waals surface area contributed by atoms with Crippen LogP contribution >= 0.6 is 0 Å². The summed E-state index contributed by atoms with van der Waals surface area (Å²) < 4.78 is 6.33. The lowest BCUT2D eigenvalue weighted by atomic mass is 9.96.